The van der Waals surface area contributed by atoms with Crippen molar-refractivity contribution >= 4 is 31.3 Å². The summed E-state index contributed by atoms with van der Waals surface area (Å²) in [5, 5.41) is 2.52. The summed E-state index contributed by atoms with van der Waals surface area (Å²) in [5.74, 6) is -0.495. The van der Waals surface area contributed by atoms with E-state index in [9.17, 15) is 16.8 Å². The lowest BCUT2D eigenvalue weighted by Crippen LogP contribution is -2.46. The van der Waals surface area contributed by atoms with Crippen LogP contribution in [0.2, 0.25) is 5.02 Å². The highest BCUT2D eigenvalue weighted by atomic mass is 35.5. The average Bonchev–Trinajstić information content (AvgIpc) is 2.64. The number of sulfone groups is 2. The molecule has 1 aromatic carbocycles. The summed E-state index contributed by atoms with van der Waals surface area (Å²) in [6.45, 7) is 3.72. The van der Waals surface area contributed by atoms with Gasteiger partial charge in [0.05, 0.1) is 21.7 Å². The van der Waals surface area contributed by atoms with Crippen molar-refractivity contribution in [1.82, 2.24) is 5.32 Å². The van der Waals surface area contributed by atoms with E-state index in [1.807, 2.05) is 13.8 Å². The Bertz CT molecular complexity index is 711. The molecular formula is C13H18ClNO4S2. The SMILES string of the molecule is CC(C)N[C@@H]1CS(=O)(=O)C[C@H]1S(=O)(=O)c1ccc(Cl)cc1. The highest BCUT2D eigenvalue weighted by Crippen LogP contribution is 2.27. The second-order valence-corrected chi connectivity index (χ2v) is 10.3. The zero-order valence-electron chi connectivity index (χ0n) is 11.8. The van der Waals surface area contributed by atoms with Gasteiger partial charge in [-0.25, -0.2) is 16.8 Å². The molecule has 1 fully saturated rings. The van der Waals surface area contributed by atoms with Crippen molar-refractivity contribution < 1.29 is 16.8 Å². The van der Waals surface area contributed by atoms with Gasteiger partial charge in [0.25, 0.3) is 0 Å². The monoisotopic (exact) mass is 351 g/mol. The van der Waals surface area contributed by atoms with Gasteiger partial charge in [-0.05, 0) is 24.3 Å². The van der Waals surface area contributed by atoms with Gasteiger partial charge in [-0.1, -0.05) is 25.4 Å². The molecule has 2 atom stereocenters. The second kappa shape index (κ2) is 5.87. The van der Waals surface area contributed by atoms with Crippen LogP contribution < -0.4 is 5.32 Å². The molecule has 1 aliphatic heterocycles. The summed E-state index contributed by atoms with van der Waals surface area (Å²) in [5.41, 5.74) is 0. The van der Waals surface area contributed by atoms with Crippen LogP contribution in [-0.4, -0.2) is 45.7 Å². The fraction of sp³-hybridized carbons (Fsp3) is 0.538. The van der Waals surface area contributed by atoms with Crippen LogP contribution in [0.4, 0.5) is 0 Å². The van der Waals surface area contributed by atoms with Crippen molar-refractivity contribution in [2.45, 2.75) is 36.1 Å². The molecule has 0 aromatic heterocycles. The van der Waals surface area contributed by atoms with Crippen molar-refractivity contribution in [3.8, 4) is 0 Å². The summed E-state index contributed by atoms with van der Waals surface area (Å²) >= 11 is 5.76. The van der Waals surface area contributed by atoms with Crippen LogP contribution in [0.1, 0.15) is 13.8 Å². The van der Waals surface area contributed by atoms with Gasteiger partial charge in [0.2, 0.25) is 0 Å². The van der Waals surface area contributed by atoms with Crippen LogP contribution >= 0.6 is 11.6 Å². The molecule has 8 heteroatoms. The van der Waals surface area contributed by atoms with E-state index < -0.39 is 31.0 Å². The molecule has 118 valence electrons. The van der Waals surface area contributed by atoms with E-state index in [-0.39, 0.29) is 22.4 Å². The third-order valence-electron chi connectivity index (χ3n) is 3.39. The summed E-state index contributed by atoms with van der Waals surface area (Å²) in [7, 11) is -7.08. The maximum atomic E-state index is 12.7. The first-order valence-corrected chi connectivity index (χ1v) is 10.3. The zero-order chi connectivity index (χ0) is 15.8. The molecule has 0 saturated carbocycles. The van der Waals surface area contributed by atoms with Gasteiger partial charge in [0.15, 0.2) is 19.7 Å². The lowest BCUT2D eigenvalue weighted by atomic mass is 10.2. The number of hydrogen-bond donors (Lipinski definition) is 1. The number of nitrogens with one attached hydrogen (secondary N) is 1. The Morgan fingerprint density at radius 1 is 1.19 bits per heavy atom. The minimum absolute atomic E-state index is 0.00576. The standard InChI is InChI=1S/C13H18ClNO4S2/c1-9(2)15-12-7-20(16,17)8-13(12)21(18,19)11-5-3-10(14)4-6-11/h3-6,9,12-13,15H,7-8H2,1-2H3/t12-,13-/m1/s1. The zero-order valence-corrected chi connectivity index (χ0v) is 14.2. The van der Waals surface area contributed by atoms with Crippen molar-refractivity contribution in [1.29, 1.82) is 0 Å². The Morgan fingerprint density at radius 3 is 2.29 bits per heavy atom. The molecule has 1 aliphatic rings. The lowest BCUT2D eigenvalue weighted by Gasteiger charge is -2.22. The lowest BCUT2D eigenvalue weighted by molar-refractivity contribution is 0.484. The molecule has 1 heterocycles. The van der Waals surface area contributed by atoms with E-state index >= 15 is 0 Å². The first-order chi connectivity index (χ1) is 9.62. The third-order valence-corrected chi connectivity index (χ3v) is 7.81. The van der Waals surface area contributed by atoms with Crippen LogP contribution in [0.25, 0.3) is 0 Å². The number of hydrogen-bond acceptors (Lipinski definition) is 5. The Hall–Kier alpha value is -0.630. The fourth-order valence-electron chi connectivity index (χ4n) is 2.50. The normalized spacial score (nSPS) is 25.3. The number of halogens is 1. The average molecular weight is 352 g/mol. The van der Waals surface area contributed by atoms with Crippen molar-refractivity contribution in [3.63, 3.8) is 0 Å². The third kappa shape index (κ3) is 3.77. The molecular weight excluding hydrogens is 334 g/mol. The first kappa shape index (κ1) is 16.7. The molecule has 0 radical (unpaired) electrons. The van der Waals surface area contributed by atoms with Crippen LogP contribution in [0.3, 0.4) is 0 Å². The highest BCUT2D eigenvalue weighted by Gasteiger charge is 2.45. The van der Waals surface area contributed by atoms with E-state index in [0.717, 1.165) is 0 Å². The smallest absolute Gasteiger partial charge is 0.183 e. The summed E-state index contributed by atoms with van der Waals surface area (Å²) in [6.07, 6.45) is 0. The topological polar surface area (TPSA) is 80.3 Å². The van der Waals surface area contributed by atoms with Gasteiger partial charge >= 0.3 is 0 Å². The Balaban J connectivity index is 2.39. The molecule has 0 amide bonds. The fourth-order valence-corrected chi connectivity index (χ4v) is 7.31. The van der Waals surface area contributed by atoms with Crippen LogP contribution in [-0.2, 0) is 19.7 Å². The molecule has 21 heavy (non-hydrogen) atoms. The largest absolute Gasteiger partial charge is 0.309 e. The minimum atomic E-state index is -3.72. The van der Waals surface area contributed by atoms with E-state index in [1.165, 1.54) is 24.3 Å². The molecule has 0 unspecified atom stereocenters. The van der Waals surface area contributed by atoms with Crippen LogP contribution in [0.5, 0.6) is 0 Å². The molecule has 1 aromatic rings. The molecule has 2 rings (SSSR count). The Kier molecular flexibility index (Phi) is 4.68. The number of rotatable bonds is 4. The van der Waals surface area contributed by atoms with Crippen molar-refractivity contribution in [3.05, 3.63) is 29.3 Å². The Morgan fingerprint density at radius 2 is 1.76 bits per heavy atom. The summed E-state index contributed by atoms with van der Waals surface area (Å²) in [6, 6.07) is 5.22. The van der Waals surface area contributed by atoms with Crippen LogP contribution in [0.15, 0.2) is 29.2 Å². The van der Waals surface area contributed by atoms with Gasteiger partial charge in [-0.15, -0.1) is 0 Å². The van der Waals surface area contributed by atoms with Crippen molar-refractivity contribution in [2.24, 2.45) is 0 Å². The van der Waals surface area contributed by atoms with E-state index in [1.54, 1.807) is 0 Å². The predicted octanol–water partition coefficient (Wildman–Crippen LogP) is 1.28. The summed E-state index contributed by atoms with van der Waals surface area (Å²) < 4.78 is 49.0. The van der Waals surface area contributed by atoms with Gasteiger partial charge in [0.1, 0.15) is 0 Å². The quantitative estimate of drug-likeness (QED) is 0.883. The molecule has 1 saturated heterocycles. The molecule has 0 spiro atoms. The van der Waals surface area contributed by atoms with Gasteiger partial charge in [-0.2, -0.15) is 0 Å². The van der Waals surface area contributed by atoms with E-state index in [0.29, 0.717) is 5.02 Å². The van der Waals surface area contributed by atoms with Crippen LogP contribution in [0, 0.1) is 0 Å². The molecule has 5 nitrogen and oxygen atoms in total. The van der Waals surface area contributed by atoms with Gasteiger partial charge < -0.3 is 5.32 Å². The maximum absolute atomic E-state index is 12.7. The highest BCUT2D eigenvalue weighted by molar-refractivity contribution is 7.96. The molecule has 1 N–H and O–H groups in total. The maximum Gasteiger partial charge on any atom is 0.183 e. The predicted molar refractivity (Wildman–Crippen MR) is 83.1 cm³/mol. The van der Waals surface area contributed by atoms with Gasteiger partial charge in [-0.3, -0.25) is 0 Å². The minimum Gasteiger partial charge on any atom is -0.309 e. The molecule has 0 aliphatic carbocycles. The Labute approximate surface area is 130 Å². The van der Waals surface area contributed by atoms with E-state index in [2.05, 4.69) is 5.32 Å². The molecule has 0 bridgehead atoms. The van der Waals surface area contributed by atoms with E-state index in [4.69, 9.17) is 11.6 Å². The van der Waals surface area contributed by atoms with Gasteiger partial charge in [0, 0.05) is 17.1 Å². The summed E-state index contributed by atoms with van der Waals surface area (Å²) in [4.78, 5) is 0.101. The second-order valence-electron chi connectivity index (χ2n) is 5.54. The first-order valence-electron chi connectivity index (χ1n) is 6.58. The van der Waals surface area contributed by atoms with Crippen molar-refractivity contribution in [2.75, 3.05) is 11.5 Å². The number of benzene rings is 1.